The topological polar surface area (TPSA) is 59.4 Å². The van der Waals surface area contributed by atoms with Gasteiger partial charge >= 0.3 is 0 Å². The summed E-state index contributed by atoms with van der Waals surface area (Å²) in [6.45, 7) is 3.39. The van der Waals surface area contributed by atoms with E-state index in [1.54, 1.807) is 0 Å². The molecular formula is C22H24N4O2S. The Balaban J connectivity index is 1.28. The minimum atomic E-state index is -0.109. The van der Waals surface area contributed by atoms with Gasteiger partial charge in [-0.1, -0.05) is 18.2 Å². The van der Waals surface area contributed by atoms with Gasteiger partial charge in [-0.2, -0.15) is 0 Å². The third-order valence-corrected chi connectivity index (χ3v) is 6.42. The van der Waals surface area contributed by atoms with Crippen LogP contribution in [-0.4, -0.2) is 35.2 Å². The second-order valence-electron chi connectivity index (χ2n) is 7.67. The van der Waals surface area contributed by atoms with Crippen molar-refractivity contribution in [2.45, 2.75) is 25.4 Å². The maximum Gasteiger partial charge on any atom is 0.274 e. The summed E-state index contributed by atoms with van der Waals surface area (Å²) in [7, 11) is 0. The van der Waals surface area contributed by atoms with Crippen molar-refractivity contribution < 1.29 is 9.53 Å². The highest BCUT2D eigenvalue weighted by Gasteiger charge is 2.28. The molecule has 0 saturated carbocycles. The van der Waals surface area contributed by atoms with Crippen LogP contribution in [0.2, 0.25) is 0 Å². The number of anilines is 2. The molecule has 2 aliphatic rings. The van der Waals surface area contributed by atoms with Gasteiger partial charge in [0.15, 0.2) is 5.13 Å². The molecule has 2 saturated heterocycles. The molecule has 3 aromatic rings. The summed E-state index contributed by atoms with van der Waals surface area (Å²) in [5, 5.41) is 5.72. The van der Waals surface area contributed by atoms with Gasteiger partial charge in [0, 0.05) is 36.3 Å². The van der Waals surface area contributed by atoms with Gasteiger partial charge in [0.1, 0.15) is 5.69 Å². The molecule has 5 rings (SSSR count). The summed E-state index contributed by atoms with van der Waals surface area (Å²) in [6.07, 6.45) is 4.19. The Morgan fingerprint density at radius 1 is 1.21 bits per heavy atom. The predicted octanol–water partition coefficient (Wildman–Crippen LogP) is 4.18. The molecule has 2 aromatic heterocycles. The van der Waals surface area contributed by atoms with Crippen LogP contribution in [0.3, 0.4) is 0 Å². The monoisotopic (exact) mass is 408 g/mol. The van der Waals surface area contributed by atoms with E-state index in [1.165, 1.54) is 17.0 Å². The van der Waals surface area contributed by atoms with Gasteiger partial charge in [-0.25, -0.2) is 4.98 Å². The fourth-order valence-corrected chi connectivity index (χ4v) is 4.86. The molecular weight excluding hydrogens is 384 g/mol. The fourth-order valence-electron chi connectivity index (χ4n) is 4.11. The Kier molecular flexibility index (Phi) is 5.08. The van der Waals surface area contributed by atoms with Crippen LogP contribution >= 0.6 is 11.3 Å². The lowest BCUT2D eigenvalue weighted by molar-refractivity contribution is -0.0395. The number of hydrogen-bond acceptors (Lipinski definition) is 5. The van der Waals surface area contributed by atoms with Crippen molar-refractivity contribution in [3.05, 3.63) is 65.4 Å². The van der Waals surface area contributed by atoms with Gasteiger partial charge in [0.05, 0.1) is 24.9 Å². The van der Waals surface area contributed by atoms with Crippen LogP contribution in [0, 0.1) is 5.92 Å². The molecule has 4 heterocycles. The lowest BCUT2D eigenvalue weighted by atomic mass is 10.1. The van der Waals surface area contributed by atoms with E-state index in [0.29, 0.717) is 16.7 Å². The lowest BCUT2D eigenvalue weighted by Crippen LogP contribution is -2.32. The number of benzene rings is 1. The molecule has 1 amide bonds. The Morgan fingerprint density at radius 3 is 2.86 bits per heavy atom. The van der Waals surface area contributed by atoms with Crippen LogP contribution in [0.4, 0.5) is 10.8 Å². The van der Waals surface area contributed by atoms with Gasteiger partial charge in [0.2, 0.25) is 0 Å². The molecule has 1 atom stereocenters. The molecule has 2 fully saturated rings. The third-order valence-electron chi connectivity index (χ3n) is 5.65. The predicted molar refractivity (Wildman–Crippen MR) is 115 cm³/mol. The number of nitrogens with one attached hydrogen (secondary N) is 1. The smallest absolute Gasteiger partial charge is 0.274 e. The van der Waals surface area contributed by atoms with Crippen LogP contribution in [0.15, 0.2) is 54.0 Å². The first kappa shape index (κ1) is 18.4. The lowest BCUT2D eigenvalue weighted by Gasteiger charge is -2.26. The highest BCUT2D eigenvalue weighted by atomic mass is 32.1. The zero-order chi connectivity index (χ0) is 19.6. The van der Waals surface area contributed by atoms with Crippen LogP contribution in [0.5, 0.6) is 0 Å². The minimum Gasteiger partial charge on any atom is -0.381 e. The van der Waals surface area contributed by atoms with E-state index < -0.39 is 0 Å². The van der Waals surface area contributed by atoms with Crippen LogP contribution in [0.1, 0.15) is 35.1 Å². The normalized spacial score (nSPS) is 19.3. The molecule has 0 aliphatic carbocycles. The van der Waals surface area contributed by atoms with Crippen molar-refractivity contribution >= 4 is 28.1 Å². The summed E-state index contributed by atoms with van der Waals surface area (Å²) in [5.74, 6) is 0.384. The molecule has 0 spiro atoms. The number of rotatable bonds is 6. The van der Waals surface area contributed by atoms with Gasteiger partial charge in [-0.15, -0.1) is 11.3 Å². The third kappa shape index (κ3) is 3.80. The Hall–Kier alpha value is -2.64. The molecule has 1 N–H and O–H groups in total. The van der Waals surface area contributed by atoms with Crippen LogP contribution in [0.25, 0.3) is 0 Å². The molecule has 29 heavy (non-hydrogen) atoms. The molecule has 1 aromatic carbocycles. The minimum absolute atomic E-state index is 0.109. The maximum absolute atomic E-state index is 12.8. The van der Waals surface area contributed by atoms with Crippen molar-refractivity contribution in [2.24, 2.45) is 5.92 Å². The van der Waals surface area contributed by atoms with Crippen LogP contribution in [-0.2, 0) is 11.3 Å². The summed E-state index contributed by atoms with van der Waals surface area (Å²) in [5.41, 5.74) is 2.93. The van der Waals surface area contributed by atoms with E-state index >= 15 is 0 Å². The molecule has 2 aliphatic heterocycles. The molecule has 0 radical (unpaired) electrons. The van der Waals surface area contributed by atoms with Crippen molar-refractivity contribution in [1.29, 1.82) is 0 Å². The number of para-hydroxylation sites is 1. The first-order valence-corrected chi connectivity index (χ1v) is 11.0. The number of amides is 1. The van der Waals surface area contributed by atoms with E-state index in [1.807, 2.05) is 29.0 Å². The zero-order valence-electron chi connectivity index (χ0n) is 16.2. The zero-order valence-corrected chi connectivity index (χ0v) is 17.0. The van der Waals surface area contributed by atoms with Crippen molar-refractivity contribution in [3.63, 3.8) is 0 Å². The second kappa shape index (κ2) is 8.00. The summed E-state index contributed by atoms with van der Waals surface area (Å²) >= 11 is 1.50. The Morgan fingerprint density at radius 2 is 2.07 bits per heavy atom. The Bertz CT molecular complexity index is 980. The van der Waals surface area contributed by atoms with Crippen molar-refractivity contribution in [2.75, 3.05) is 30.0 Å². The maximum atomic E-state index is 12.8. The molecule has 7 heteroatoms. The quantitative estimate of drug-likeness (QED) is 0.665. The average Bonchev–Trinajstić information content (AvgIpc) is 3.45. The van der Waals surface area contributed by atoms with Crippen molar-refractivity contribution in [3.8, 4) is 0 Å². The number of hydrogen-bond donors (Lipinski definition) is 1. The van der Waals surface area contributed by atoms with Gasteiger partial charge in [-0.3, -0.25) is 10.1 Å². The number of ether oxygens (including phenoxy) is 1. The highest BCUT2D eigenvalue weighted by Crippen LogP contribution is 2.37. The number of carbonyl (C=O) groups excluding carboxylic acids is 1. The van der Waals surface area contributed by atoms with E-state index in [4.69, 9.17) is 9.72 Å². The molecule has 6 nitrogen and oxygen atoms in total. The first-order valence-electron chi connectivity index (χ1n) is 10.1. The largest absolute Gasteiger partial charge is 0.381 e. The van der Waals surface area contributed by atoms with Crippen LogP contribution < -0.4 is 10.2 Å². The molecule has 0 bridgehead atoms. The average molecular weight is 409 g/mol. The van der Waals surface area contributed by atoms with E-state index in [0.717, 1.165) is 44.8 Å². The van der Waals surface area contributed by atoms with Gasteiger partial charge in [-0.05, 0) is 37.1 Å². The van der Waals surface area contributed by atoms with Gasteiger partial charge in [0.25, 0.3) is 5.91 Å². The summed E-state index contributed by atoms with van der Waals surface area (Å²) < 4.78 is 7.25. The first-order chi connectivity index (χ1) is 14.3. The number of thiazole rings is 1. The SMILES string of the molecule is O=C(Nc1nc(C2CCCN2c2ccccc2)cs1)c1cccn1CC1COC1. The fraction of sp³-hybridized carbons (Fsp3) is 0.364. The van der Waals surface area contributed by atoms with Gasteiger partial charge < -0.3 is 14.2 Å². The Labute approximate surface area is 174 Å². The molecule has 150 valence electrons. The second-order valence-corrected chi connectivity index (χ2v) is 8.53. The summed E-state index contributed by atoms with van der Waals surface area (Å²) in [6, 6.07) is 14.5. The summed E-state index contributed by atoms with van der Waals surface area (Å²) in [4.78, 5) is 20.0. The van der Waals surface area contributed by atoms with E-state index in [9.17, 15) is 4.79 Å². The van der Waals surface area contributed by atoms with E-state index in [2.05, 4.69) is 39.9 Å². The van der Waals surface area contributed by atoms with Crippen molar-refractivity contribution in [1.82, 2.24) is 9.55 Å². The standard InChI is InChI=1S/C22H24N4O2S/c27-21(20-9-4-10-25(20)12-16-13-28-14-16)24-22-23-18(15-29-22)19-8-5-11-26(19)17-6-2-1-3-7-17/h1-4,6-7,9-10,15-16,19H,5,8,11-14H2,(H,23,24,27). The number of carbonyl (C=O) groups is 1. The molecule has 1 unspecified atom stereocenters. The van der Waals surface area contributed by atoms with E-state index in [-0.39, 0.29) is 11.9 Å². The number of aromatic nitrogens is 2. The number of nitrogens with zero attached hydrogens (tertiary/aromatic N) is 3. The highest BCUT2D eigenvalue weighted by molar-refractivity contribution is 7.14.